The van der Waals surface area contributed by atoms with Crippen LogP contribution in [0.5, 0.6) is 0 Å². The lowest BCUT2D eigenvalue weighted by Crippen LogP contribution is -2.42. The molecule has 0 spiro atoms. The number of anilines is 3. The van der Waals surface area contributed by atoms with Gasteiger partial charge in [-0.15, -0.1) is 11.3 Å². The molecule has 0 saturated carbocycles. The van der Waals surface area contributed by atoms with E-state index in [0.717, 1.165) is 47.1 Å². The van der Waals surface area contributed by atoms with Gasteiger partial charge < -0.3 is 36.9 Å². The minimum absolute atomic E-state index is 0.00826. The third-order valence-electron chi connectivity index (χ3n) is 6.37. The number of hydrogen-bond acceptors (Lipinski definition) is 11. The summed E-state index contributed by atoms with van der Waals surface area (Å²) in [6, 6.07) is 5.98. The Morgan fingerprint density at radius 3 is 2.57 bits per heavy atom. The molecule has 8 N–H and O–H groups in total. The highest BCUT2D eigenvalue weighted by atomic mass is 32.1. The van der Waals surface area contributed by atoms with Crippen LogP contribution in [-0.2, 0) is 38.4 Å². The first-order chi connectivity index (χ1) is 20.1. The standard InChI is InChI=1S/C27H30N8O6S/c1-41-25(40)18(9-10-19(36)33-27-31-17(13-42-27)11-20(37)38)32-24(39)15-7-5-14(6-8-15)3-2-4-16-12-30-23-21(16)22(28)34-26(29)35-23/h5-8,12-13,18H,2-4,9-11H2,1H3,(H,32,39)(H,37,38)(H,31,33,36)(H5,28,29,30,34,35)/t18-/m0/s1. The molecular formula is C27H30N8O6S. The van der Waals surface area contributed by atoms with Crippen LogP contribution in [0.4, 0.5) is 16.9 Å². The highest BCUT2D eigenvalue weighted by molar-refractivity contribution is 7.13. The Labute approximate surface area is 243 Å². The van der Waals surface area contributed by atoms with E-state index in [9.17, 15) is 19.2 Å². The normalized spacial score (nSPS) is 11.6. The highest BCUT2D eigenvalue weighted by Crippen LogP contribution is 2.24. The zero-order valence-electron chi connectivity index (χ0n) is 22.7. The number of fused-ring (bicyclic) bond motifs is 1. The van der Waals surface area contributed by atoms with Crippen LogP contribution in [0.25, 0.3) is 11.0 Å². The van der Waals surface area contributed by atoms with Crippen LogP contribution < -0.4 is 22.1 Å². The van der Waals surface area contributed by atoms with Crippen molar-refractivity contribution in [1.29, 1.82) is 0 Å². The van der Waals surface area contributed by atoms with Crippen molar-refractivity contribution < 1.29 is 29.0 Å². The molecular weight excluding hydrogens is 564 g/mol. The number of aromatic nitrogens is 4. The molecule has 3 heterocycles. The van der Waals surface area contributed by atoms with E-state index >= 15 is 0 Å². The number of esters is 1. The SMILES string of the molecule is COC(=O)[C@H](CCC(=O)Nc1nc(CC(=O)O)cs1)NC(=O)c1ccc(CCCc2c[nH]c3nc(N)nc(N)c23)cc1. The Balaban J connectivity index is 1.27. The van der Waals surface area contributed by atoms with Gasteiger partial charge >= 0.3 is 11.9 Å². The molecule has 0 unspecified atom stereocenters. The Kier molecular flexibility index (Phi) is 9.65. The van der Waals surface area contributed by atoms with Crippen LogP contribution in [-0.4, -0.2) is 61.9 Å². The number of benzene rings is 1. The molecule has 0 aliphatic carbocycles. The van der Waals surface area contributed by atoms with Crippen LogP contribution in [0.2, 0.25) is 0 Å². The Morgan fingerprint density at radius 2 is 1.86 bits per heavy atom. The fourth-order valence-electron chi connectivity index (χ4n) is 4.34. The lowest BCUT2D eigenvalue weighted by Gasteiger charge is -2.16. The number of aryl methyl sites for hydroxylation is 2. The number of nitrogens with zero attached hydrogens (tertiary/aromatic N) is 3. The average Bonchev–Trinajstić information content (AvgIpc) is 3.56. The van der Waals surface area contributed by atoms with E-state index in [1.54, 1.807) is 17.5 Å². The van der Waals surface area contributed by atoms with E-state index in [1.165, 1.54) is 7.11 Å². The maximum atomic E-state index is 12.9. The summed E-state index contributed by atoms with van der Waals surface area (Å²) in [7, 11) is 1.20. The zero-order valence-corrected chi connectivity index (χ0v) is 23.5. The topological polar surface area (TPSA) is 228 Å². The third kappa shape index (κ3) is 7.78. The molecule has 3 aromatic heterocycles. The summed E-state index contributed by atoms with van der Waals surface area (Å²) in [4.78, 5) is 63.6. The summed E-state index contributed by atoms with van der Waals surface area (Å²) in [6.07, 6.45) is 3.79. The number of carboxylic acids is 1. The molecule has 1 atom stereocenters. The lowest BCUT2D eigenvalue weighted by atomic mass is 10.0. The van der Waals surface area contributed by atoms with E-state index < -0.39 is 29.8 Å². The largest absolute Gasteiger partial charge is 0.481 e. The molecule has 0 radical (unpaired) electrons. The second-order valence-corrected chi connectivity index (χ2v) is 10.3. The van der Waals surface area contributed by atoms with Crippen LogP contribution in [0.1, 0.15) is 46.4 Å². The third-order valence-corrected chi connectivity index (χ3v) is 7.17. The van der Waals surface area contributed by atoms with E-state index in [0.29, 0.717) is 22.7 Å². The number of carbonyl (C=O) groups excluding carboxylic acids is 3. The van der Waals surface area contributed by atoms with Gasteiger partial charge in [0.2, 0.25) is 11.9 Å². The van der Waals surface area contributed by atoms with Gasteiger partial charge in [-0.25, -0.2) is 9.78 Å². The van der Waals surface area contributed by atoms with Gasteiger partial charge in [0.1, 0.15) is 17.5 Å². The highest BCUT2D eigenvalue weighted by Gasteiger charge is 2.23. The minimum atomic E-state index is -1.05. The molecule has 0 aliphatic heterocycles. The van der Waals surface area contributed by atoms with Crippen LogP contribution in [0.15, 0.2) is 35.8 Å². The molecule has 2 amide bonds. The minimum Gasteiger partial charge on any atom is -0.481 e. The van der Waals surface area contributed by atoms with Crippen molar-refractivity contribution in [3.8, 4) is 0 Å². The number of rotatable bonds is 13. The molecule has 0 bridgehead atoms. The van der Waals surface area contributed by atoms with E-state index in [4.69, 9.17) is 21.3 Å². The second-order valence-electron chi connectivity index (χ2n) is 9.41. The first-order valence-electron chi connectivity index (χ1n) is 13.0. The molecule has 220 valence electrons. The second kappa shape index (κ2) is 13.5. The first kappa shape index (κ1) is 29.9. The maximum absolute atomic E-state index is 12.9. The summed E-state index contributed by atoms with van der Waals surface area (Å²) in [6.45, 7) is 0. The van der Waals surface area contributed by atoms with E-state index in [2.05, 4.69) is 30.6 Å². The summed E-state index contributed by atoms with van der Waals surface area (Å²) in [5.74, 6) is -2.19. The number of nitrogen functional groups attached to an aromatic ring is 2. The Morgan fingerprint density at radius 1 is 1.10 bits per heavy atom. The van der Waals surface area contributed by atoms with Crippen molar-refractivity contribution in [1.82, 2.24) is 25.3 Å². The smallest absolute Gasteiger partial charge is 0.328 e. The quantitative estimate of drug-likeness (QED) is 0.123. The number of nitrogens with one attached hydrogen (secondary N) is 3. The molecule has 0 saturated heterocycles. The molecule has 0 fully saturated rings. The molecule has 14 nitrogen and oxygen atoms in total. The molecule has 4 rings (SSSR count). The van der Waals surface area contributed by atoms with Crippen molar-refractivity contribution in [2.45, 2.75) is 44.6 Å². The lowest BCUT2D eigenvalue weighted by molar-refractivity contribution is -0.143. The molecule has 15 heteroatoms. The van der Waals surface area contributed by atoms with Crippen molar-refractivity contribution in [3.63, 3.8) is 0 Å². The van der Waals surface area contributed by atoms with Gasteiger partial charge in [-0.3, -0.25) is 14.4 Å². The van der Waals surface area contributed by atoms with E-state index in [1.807, 2.05) is 18.3 Å². The summed E-state index contributed by atoms with van der Waals surface area (Å²) in [5.41, 5.74) is 15.0. The number of thiazole rings is 1. The number of ether oxygens (including phenoxy) is 1. The molecule has 1 aromatic carbocycles. The fraction of sp³-hybridized carbons (Fsp3) is 0.296. The number of carbonyl (C=O) groups is 4. The van der Waals surface area contributed by atoms with Crippen molar-refractivity contribution in [2.75, 3.05) is 23.9 Å². The monoisotopic (exact) mass is 594 g/mol. The zero-order chi connectivity index (χ0) is 30.2. The number of hydrogen-bond donors (Lipinski definition) is 6. The Hall–Kier alpha value is -5.05. The summed E-state index contributed by atoms with van der Waals surface area (Å²) < 4.78 is 4.80. The average molecular weight is 595 g/mol. The van der Waals surface area contributed by atoms with Crippen molar-refractivity contribution in [3.05, 3.63) is 58.2 Å². The van der Waals surface area contributed by atoms with Crippen LogP contribution in [0, 0.1) is 0 Å². The molecule has 42 heavy (non-hydrogen) atoms. The van der Waals surface area contributed by atoms with Gasteiger partial charge in [0, 0.05) is 23.6 Å². The summed E-state index contributed by atoms with van der Waals surface area (Å²) >= 11 is 1.10. The Bertz CT molecular complexity index is 1600. The van der Waals surface area contributed by atoms with Gasteiger partial charge in [0.25, 0.3) is 5.91 Å². The van der Waals surface area contributed by atoms with Crippen LogP contribution in [0.3, 0.4) is 0 Å². The molecule has 0 aliphatic rings. The van der Waals surface area contributed by atoms with Gasteiger partial charge in [0.15, 0.2) is 5.13 Å². The van der Waals surface area contributed by atoms with Crippen molar-refractivity contribution >= 4 is 63.0 Å². The summed E-state index contributed by atoms with van der Waals surface area (Å²) in [5, 5.41) is 16.6. The predicted octanol–water partition coefficient (Wildman–Crippen LogP) is 2.07. The number of H-pyrrole nitrogens is 1. The number of methoxy groups -OCH3 is 1. The van der Waals surface area contributed by atoms with Gasteiger partial charge in [-0.2, -0.15) is 9.97 Å². The van der Waals surface area contributed by atoms with Gasteiger partial charge in [-0.1, -0.05) is 12.1 Å². The van der Waals surface area contributed by atoms with Crippen molar-refractivity contribution in [2.24, 2.45) is 0 Å². The van der Waals surface area contributed by atoms with Gasteiger partial charge in [-0.05, 0) is 48.9 Å². The number of nitrogens with two attached hydrogens (primary N) is 2. The first-order valence-corrected chi connectivity index (χ1v) is 13.8. The fourth-order valence-corrected chi connectivity index (χ4v) is 5.06. The number of aliphatic carboxylic acids is 1. The van der Waals surface area contributed by atoms with E-state index in [-0.39, 0.29) is 30.3 Å². The predicted molar refractivity (Wildman–Crippen MR) is 156 cm³/mol. The maximum Gasteiger partial charge on any atom is 0.328 e. The number of carboxylic acid groups (broad SMARTS) is 1. The number of amides is 2. The number of aromatic amines is 1. The molecule has 4 aromatic rings. The van der Waals surface area contributed by atoms with Gasteiger partial charge in [0.05, 0.1) is 24.6 Å². The van der Waals surface area contributed by atoms with Crippen LogP contribution >= 0.6 is 11.3 Å².